The van der Waals surface area contributed by atoms with E-state index in [9.17, 15) is 5.11 Å². The van der Waals surface area contributed by atoms with Gasteiger partial charge in [-0.3, -0.25) is 0 Å². The normalized spacial score (nSPS) is 16.0. The van der Waals surface area contributed by atoms with Crippen LogP contribution in [-0.2, 0) is 4.74 Å². The summed E-state index contributed by atoms with van der Waals surface area (Å²) in [7, 11) is 0. The van der Waals surface area contributed by atoms with Gasteiger partial charge in [0, 0.05) is 13.0 Å². The Morgan fingerprint density at radius 1 is 1.17 bits per heavy atom. The Morgan fingerprint density at radius 3 is 2.33 bits per heavy atom. The molecule has 0 aliphatic carbocycles. The minimum atomic E-state index is -0.900. The monoisotopic (exact) mass is 174 g/mol. The van der Waals surface area contributed by atoms with Gasteiger partial charge in [-0.25, -0.2) is 0 Å². The fraction of sp³-hybridized carbons (Fsp3) is 1.00. The molecule has 1 atom stereocenters. The largest absolute Gasteiger partial charge is 0.366 e. The third-order valence-electron chi connectivity index (χ3n) is 1.95. The quantitative estimate of drug-likeness (QED) is 0.475. The zero-order chi connectivity index (χ0) is 9.45. The molecule has 0 radical (unpaired) electrons. The summed E-state index contributed by atoms with van der Waals surface area (Å²) >= 11 is 0. The smallest absolute Gasteiger partial charge is 0.162 e. The van der Waals surface area contributed by atoms with Gasteiger partial charge in [0.05, 0.1) is 0 Å². The van der Waals surface area contributed by atoms with E-state index >= 15 is 0 Å². The van der Waals surface area contributed by atoms with Gasteiger partial charge in [-0.05, 0) is 20.3 Å². The molecule has 74 valence electrons. The highest BCUT2D eigenvalue weighted by Crippen LogP contribution is 2.16. The summed E-state index contributed by atoms with van der Waals surface area (Å²) in [5.74, 6) is -0.900. The molecule has 0 bridgehead atoms. The molecule has 0 aliphatic rings. The second kappa shape index (κ2) is 6.44. The zero-order valence-corrected chi connectivity index (χ0v) is 8.60. The summed E-state index contributed by atoms with van der Waals surface area (Å²) in [6.07, 6.45) is 5.49. The first kappa shape index (κ1) is 11.9. The molecule has 0 aromatic carbocycles. The van der Waals surface area contributed by atoms with Crippen molar-refractivity contribution < 1.29 is 9.84 Å². The van der Waals surface area contributed by atoms with Crippen LogP contribution in [0, 0.1) is 0 Å². The fourth-order valence-corrected chi connectivity index (χ4v) is 1.26. The Hall–Kier alpha value is -0.0800. The summed E-state index contributed by atoms with van der Waals surface area (Å²) < 4.78 is 5.17. The van der Waals surface area contributed by atoms with E-state index in [1.54, 1.807) is 6.92 Å². The molecular formula is C10H22O2. The standard InChI is InChI=1S/C10H22O2/c1-4-6-7-8-9-10(3,11)12-5-2/h11H,4-9H2,1-3H3. The maximum absolute atomic E-state index is 9.59. The summed E-state index contributed by atoms with van der Waals surface area (Å²) in [6.45, 7) is 6.41. The van der Waals surface area contributed by atoms with Crippen LogP contribution in [0.25, 0.3) is 0 Å². The Kier molecular flexibility index (Phi) is 6.39. The lowest BCUT2D eigenvalue weighted by molar-refractivity contribution is -0.191. The molecule has 0 aliphatic heterocycles. The highest BCUT2D eigenvalue weighted by molar-refractivity contribution is 4.59. The van der Waals surface area contributed by atoms with Gasteiger partial charge in [-0.15, -0.1) is 0 Å². The Morgan fingerprint density at radius 2 is 1.83 bits per heavy atom. The second-order valence-electron chi connectivity index (χ2n) is 3.42. The van der Waals surface area contributed by atoms with Crippen molar-refractivity contribution in [1.82, 2.24) is 0 Å². The van der Waals surface area contributed by atoms with Crippen LogP contribution in [0.15, 0.2) is 0 Å². The minimum absolute atomic E-state index is 0.584. The maximum Gasteiger partial charge on any atom is 0.162 e. The van der Waals surface area contributed by atoms with Crippen LogP contribution in [0.2, 0.25) is 0 Å². The maximum atomic E-state index is 9.59. The summed E-state index contributed by atoms with van der Waals surface area (Å²) in [5.41, 5.74) is 0. The SMILES string of the molecule is CCCCCCC(C)(O)OCC. The average Bonchev–Trinajstić information content (AvgIpc) is 1.98. The van der Waals surface area contributed by atoms with Crippen LogP contribution in [0.3, 0.4) is 0 Å². The molecule has 0 fully saturated rings. The highest BCUT2D eigenvalue weighted by atomic mass is 16.6. The third-order valence-corrected chi connectivity index (χ3v) is 1.95. The Balaban J connectivity index is 3.33. The molecule has 0 saturated carbocycles. The van der Waals surface area contributed by atoms with Crippen molar-refractivity contribution in [3.63, 3.8) is 0 Å². The van der Waals surface area contributed by atoms with Gasteiger partial charge in [0.2, 0.25) is 0 Å². The van der Waals surface area contributed by atoms with Gasteiger partial charge in [-0.1, -0.05) is 26.2 Å². The van der Waals surface area contributed by atoms with E-state index in [4.69, 9.17) is 4.74 Å². The van der Waals surface area contributed by atoms with E-state index < -0.39 is 5.79 Å². The van der Waals surface area contributed by atoms with Crippen molar-refractivity contribution in [2.45, 2.75) is 58.7 Å². The molecule has 2 heteroatoms. The number of hydrogen-bond donors (Lipinski definition) is 1. The molecule has 1 N–H and O–H groups in total. The molecular weight excluding hydrogens is 152 g/mol. The predicted molar refractivity (Wildman–Crippen MR) is 51.0 cm³/mol. The van der Waals surface area contributed by atoms with Crippen LogP contribution < -0.4 is 0 Å². The first-order valence-corrected chi connectivity index (χ1v) is 4.98. The molecule has 12 heavy (non-hydrogen) atoms. The predicted octanol–water partition coefficient (Wildman–Crippen LogP) is 2.70. The lowest BCUT2D eigenvalue weighted by atomic mass is 10.1. The first-order chi connectivity index (χ1) is 5.62. The van der Waals surface area contributed by atoms with Crippen molar-refractivity contribution >= 4 is 0 Å². The molecule has 0 heterocycles. The summed E-state index contributed by atoms with van der Waals surface area (Å²) in [5, 5.41) is 9.59. The van der Waals surface area contributed by atoms with Gasteiger partial charge < -0.3 is 9.84 Å². The molecule has 0 rings (SSSR count). The van der Waals surface area contributed by atoms with Gasteiger partial charge in [-0.2, -0.15) is 0 Å². The van der Waals surface area contributed by atoms with Gasteiger partial charge in [0.15, 0.2) is 5.79 Å². The van der Waals surface area contributed by atoms with Crippen molar-refractivity contribution in [2.75, 3.05) is 6.61 Å². The van der Waals surface area contributed by atoms with Crippen LogP contribution in [-0.4, -0.2) is 17.5 Å². The van der Waals surface area contributed by atoms with E-state index in [0.717, 1.165) is 12.8 Å². The molecule has 0 saturated heterocycles. The molecule has 0 aromatic heterocycles. The van der Waals surface area contributed by atoms with E-state index in [-0.39, 0.29) is 0 Å². The third kappa shape index (κ3) is 6.62. The number of rotatable bonds is 7. The van der Waals surface area contributed by atoms with Crippen molar-refractivity contribution in [2.24, 2.45) is 0 Å². The highest BCUT2D eigenvalue weighted by Gasteiger charge is 2.18. The lowest BCUT2D eigenvalue weighted by Gasteiger charge is -2.22. The van der Waals surface area contributed by atoms with Crippen LogP contribution in [0.5, 0.6) is 0 Å². The van der Waals surface area contributed by atoms with E-state index in [2.05, 4.69) is 6.92 Å². The zero-order valence-electron chi connectivity index (χ0n) is 8.60. The second-order valence-corrected chi connectivity index (χ2v) is 3.42. The van der Waals surface area contributed by atoms with Gasteiger partial charge in [0.25, 0.3) is 0 Å². The molecule has 0 spiro atoms. The van der Waals surface area contributed by atoms with Gasteiger partial charge in [0.1, 0.15) is 0 Å². The Bertz CT molecular complexity index is 100. The summed E-state index contributed by atoms with van der Waals surface area (Å²) in [6, 6.07) is 0. The molecule has 0 amide bonds. The number of ether oxygens (including phenoxy) is 1. The fourth-order valence-electron chi connectivity index (χ4n) is 1.26. The first-order valence-electron chi connectivity index (χ1n) is 4.98. The topological polar surface area (TPSA) is 29.5 Å². The van der Waals surface area contributed by atoms with Crippen molar-refractivity contribution in [3.05, 3.63) is 0 Å². The van der Waals surface area contributed by atoms with E-state index in [0.29, 0.717) is 6.61 Å². The van der Waals surface area contributed by atoms with Crippen molar-refractivity contribution in [1.29, 1.82) is 0 Å². The van der Waals surface area contributed by atoms with Crippen LogP contribution in [0.1, 0.15) is 52.9 Å². The van der Waals surface area contributed by atoms with Crippen molar-refractivity contribution in [3.8, 4) is 0 Å². The van der Waals surface area contributed by atoms with Gasteiger partial charge >= 0.3 is 0 Å². The lowest BCUT2D eigenvalue weighted by Crippen LogP contribution is -2.27. The number of aliphatic hydroxyl groups is 1. The summed E-state index contributed by atoms with van der Waals surface area (Å²) in [4.78, 5) is 0. The molecule has 2 nitrogen and oxygen atoms in total. The van der Waals surface area contributed by atoms with E-state index in [1.165, 1.54) is 19.3 Å². The molecule has 0 aromatic rings. The average molecular weight is 174 g/mol. The van der Waals surface area contributed by atoms with Crippen LogP contribution in [0.4, 0.5) is 0 Å². The number of unbranched alkanes of at least 4 members (excludes halogenated alkanes) is 3. The van der Waals surface area contributed by atoms with Crippen LogP contribution >= 0.6 is 0 Å². The molecule has 1 unspecified atom stereocenters. The minimum Gasteiger partial charge on any atom is -0.366 e. The van der Waals surface area contributed by atoms with E-state index in [1.807, 2.05) is 6.92 Å². The number of hydrogen-bond acceptors (Lipinski definition) is 2. The Labute approximate surface area is 75.9 Å².